The Morgan fingerprint density at radius 2 is 1.78 bits per heavy atom. The Labute approximate surface area is 165 Å². The van der Waals surface area contributed by atoms with Crippen LogP contribution in [0.5, 0.6) is 5.75 Å². The Balaban J connectivity index is 0.00000192. The molecule has 23 heavy (non-hydrogen) atoms. The number of hydrogen-bond donors (Lipinski definition) is 1. The third kappa shape index (κ3) is 4.32. The van der Waals surface area contributed by atoms with Gasteiger partial charge in [0.1, 0.15) is 5.75 Å². The molecule has 2 heterocycles. The van der Waals surface area contributed by atoms with Crippen LogP contribution in [-0.2, 0) is 0 Å². The number of ether oxygens (including phenoxy) is 1. The average Bonchev–Trinajstić information content (AvgIpc) is 3.00. The Bertz CT molecular complexity index is 773. The van der Waals surface area contributed by atoms with E-state index >= 15 is 0 Å². The molecule has 0 aliphatic carbocycles. The lowest BCUT2D eigenvalue weighted by molar-refractivity contribution is 0.414. The molecule has 1 aromatic carbocycles. The fraction of sp³-hybridized carbons (Fsp3) is 0.0667. The van der Waals surface area contributed by atoms with Gasteiger partial charge in [0, 0.05) is 32.3 Å². The summed E-state index contributed by atoms with van der Waals surface area (Å²) in [5.74, 6) is 0.779. The van der Waals surface area contributed by atoms with Gasteiger partial charge in [0.25, 0.3) is 0 Å². The number of halogens is 3. The van der Waals surface area contributed by atoms with E-state index in [-0.39, 0.29) is 17.0 Å². The second kappa shape index (κ2) is 8.23. The van der Waals surface area contributed by atoms with E-state index in [4.69, 9.17) is 4.74 Å². The lowest BCUT2D eigenvalue weighted by Gasteiger charge is -2.10. The predicted molar refractivity (Wildman–Crippen MR) is 107 cm³/mol. The van der Waals surface area contributed by atoms with Crippen molar-refractivity contribution in [2.75, 3.05) is 12.4 Å². The highest BCUT2D eigenvalue weighted by Gasteiger charge is 2.11. The summed E-state index contributed by atoms with van der Waals surface area (Å²) < 4.78 is 7.04. The van der Waals surface area contributed by atoms with Crippen LogP contribution in [-0.4, -0.2) is 17.1 Å². The molecule has 0 aliphatic rings. The molecule has 4 nitrogen and oxygen atoms in total. The minimum absolute atomic E-state index is 0. The Morgan fingerprint density at radius 1 is 1.13 bits per heavy atom. The maximum Gasteiger partial charge on any atom is 0.187 e. The van der Waals surface area contributed by atoms with Gasteiger partial charge in [-0.2, -0.15) is 0 Å². The maximum atomic E-state index is 5.24. The lowest BCUT2D eigenvalue weighted by Crippen LogP contribution is -1.94. The minimum Gasteiger partial charge on any atom is -0.497 e. The number of nitrogens with one attached hydrogen (secondary N) is 1. The molecule has 0 unspecified atom stereocenters. The predicted octanol–water partition coefficient (Wildman–Crippen LogP) is 6.06. The first-order chi connectivity index (χ1) is 10.7. The molecule has 2 aromatic heterocycles. The van der Waals surface area contributed by atoms with E-state index in [0.29, 0.717) is 0 Å². The highest BCUT2D eigenvalue weighted by Crippen LogP contribution is 2.38. The van der Waals surface area contributed by atoms with Crippen molar-refractivity contribution < 1.29 is 4.74 Å². The number of thiazole rings is 1. The van der Waals surface area contributed by atoms with Gasteiger partial charge in [-0.25, -0.2) is 4.98 Å². The first kappa shape index (κ1) is 18.4. The monoisotopic (exact) mass is 519 g/mol. The SMILES string of the molecule is Br.COc1cc(Br)c(Nc2nc(-c3ccncc3)cs2)c(Br)c1. The van der Waals surface area contributed by atoms with E-state index in [1.54, 1.807) is 30.8 Å². The van der Waals surface area contributed by atoms with Gasteiger partial charge >= 0.3 is 0 Å². The molecule has 0 saturated carbocycles. The van der Waals surface area contributed by atoms with Gasteiger partial charge in [0.15, 0.2) is 5.13 Å². The van der Waals surface area contributed by atoms with Crippen molar-refractivity contribution in [3.63, 3.8) is 0 Å². The van der Waals surface area contributed by atoms with E-state index < -0.39 is 0 Å². The van der Waals surface area contributed by atoms with Crippen molar-refractivity contribution in [3.05, 3.63) is 51.0 Å². The van der Waals surface area contributed by atoms with Gasteiger partial charge in [0.05, 0.1) is 18.5 Å². The first-order valence-electron chi connectivity index (χ1n) is 6.33. The number of aromatic nitrogens is 2. The molecule has 0 fully saturated rings. The highest BCUT2D eigenvalue weighted by molar-refractivity contribution is 9.11. The van der Waals surface area contributed by atoms with Crippen LogP contribution in [0.1, 0.15) is 0 Å². The summed E-state index contributed by atoms with van der Waals surface area (Å²) in [5.41, 5.74) is 2.89. The van der Waals surface area contributed by atoms with Gasteiger partial charge in [-0.1, -0.05) is 0 Å². The fourth-order valence-corrected chi connectivity index (χ4v) is 3.95. The van der Waals surface area contributed by atoms with E-state index in [2.05, 4.69) is 47.1 Å². The van der Waals surface area contributed by atoms with Crippen molar-refractivity contribution in [2.45, 2.75) is 0 Å². The molecular formula is C15H12Br3N3OS. The number of methoxy groups -OCH3 is 1. The summed E-state index contributed by atoms with van der Waals surface area (Å²) in [6.07, 6.45) is 3.52. The third-order valence-electron chi connectivity index (χ3n) is 2.96. The van der Waals surface area contributed by atoms with E-state index in [9.17, 15) is 0 Å². The van der Waals surface area contributed by atoms with Crippen LogP contribution in [0.4, 0.5) is 10.8 Å². The molecule has 1 N–H and O–H groups in total. The van der Waals surface area contributed by atoms with Crippen LogP contribution in [0.15, 0.2) is 51.0 Å². The van der Waals surface area contributed by atoms with E-state index in [1.807, 2.05) is 29.6 Å². The van der Waals surface area contributed by atoms with Gasteiger partial charge in [-0.3, -0.25) is 4.98 Å². The second-order valence-electron chi connectivity index (χ2n) is 4.36. The summed E-state index contributed by atoms with van der Waals surface area (Å²) in [5, 5.41) is 6.16. The number of rotatable bonds is 4. The highest BCUT2D eigenvalue weighted by atomic mass is 79.9. The zero-order valence-electron chi connectivity index (χ0n) is 11.9. The van der Waals surface area contributed by atoms with Gasteiger partial charge in [0.2, 0.25) is 0 Å². The largest absolute Gasteiger partial charge is 0.497 e. The Kier molecular flexibility index (Phi) is 6.58. The van der Waals surface area contributed by atoms with Crippen LogP contribution in [0.3, 0.4) is 0 Å². The van der Waals surface area contributed by atoms with Crippen LogP contribution in [0, 0.1) is 0 Å². The summed E-state index contributed by atoms with van der Waals surface area (Å²) in [4.78, 5) is 8.63. The molecular weight excluding hydrogens is 510 g/mol. The summed E-state index contributed by atoms with van der Waals surface area (Å²) in [6, 6.07) is 7.70. The quantitative estimate of drug-likeness (QED) is 0.453. The maximum absolute atomic E-state index is 5.24. The molecule has 0 spiro atoms. The van der Waals surface area contributed by atoms with Crippen LogP contribution >= 0.6 is 60.2 Å². The molecule has 3 rings (SSSR count). The van der Waals surface area contributed by atoms with Gasteiger partial charge < -0.3 is 10.1 Å². The van der Waals surface area contributed by atoms with Gasteiger partial charge in [-0.15, -0.1) is 28.3 Å². The van der Waals surface area contributed by atoms with Crippen molar-refractivity contribution in [1.82, 2.24) is 9.97 Å². The normalized spacial score (nSPS) is 10.0. The van der Waals surface area contributed by atoms with E-state index in [0.717, 1.165) is 36.8 Å². The van der Waals surface area contributed by atoms with Crippen molar-refractivity contribution >= 4 is 71.0 Å². The molecule has 0 radical (unpaired) electrons. The molecule has 0 amide bonds. The smallest absolute Gasteiger partial charge is 0.187 e. The number of pyridine rings is 1. The van der Waals surface area contributed by atoms with E-state index in [1.165, 1.54) is 0 Å². The van der Waals surface area contributed by atoms with Crippen LogP contribution in [0.2, 0.25) is 0 Å². The Morgan fingerprint density at radius 3 is 2.39 bits per heavy atom. The van der Waals surface area contributed by atoms with Gasteiger partial charge in [-0.05, 0) is 56.1 Å². The molecule has 8 heteroatoms. The molecule has 3 aromatic rings. The number of anilines is 2. The van der Waals surface area contributed by atoms with Crippen molar-refractivity contribution in [1.29, 1.82) is 0 Å². The molecule has 120 valence electrons. The standard InChI is InChI=1S/C15H11Br2N3OS.BrH/c1-21-10-6-11(16)14(12(17)7-10)20-15-19-13(8-22-15)9-2-4-18-5-3-9;/h2-8H,1H3,(H,19,20);1H. The molecule has 0 bridgehead atoms. The number of hydrogen-bond acceptors (Lipinski definition) is 5. The summed E-state index contributed by atoms with van der Waals surface area (Å²) >= 11 is 8.64. The number of benzene rings is 1. The van der Waals surface area contributed by atoms with Crippen molar-refractivity contribution in [2.24, 2.45) is 0 Å². The second-order valence-corrected chi connectivity index (χ2v) is 6.93. The molecule has 0 aliphatic heterocycles. The summed E-state index contributed by atoms with van der Waals surface area (Å²) in [6.45, 7) is 0. The zero-order chi connectivity index (χ0) is 15.5. The third-order valence-corrected chi connectivity index (χ3v) is 4.97. The average molecular weight is 522 g/mol. The summed E-state index contributed by atoms with van der Waals surface area (Å²) in [7, 11) is 1.64. The van der Waals surface area contributed by atoms with Crippen molar-refractivity contribution in [3.8, 4) is 17.0 Å². The molecule has 0 atom stereocenters. The number of nitrogens with zero attached hydrogens (tertiary/aromatic N) is 2. The zero-order valence-corrected chi connectivity index (χ0v) is 17.6. The molecule has 0 saturated heterocycles. The first-order valence-corrected chi connectivity index (χ1v) is 8.80. The Hall–Kier alpha value is -0.960. The van der Waals surface area contributed by atoms with Crippen LogP contribution < -0.4 is 10.1 Å². The van der Waals surface area contributed by atoms with Crippen LogP contribution in [0.25, 0.3) is 11.3 Å². The minimum atomic E-state index is 0. The lowest BCUT2D eigenvalue weighted by atomic mass is 10.2. The topological polar surface area (TPSA) is 47.0 Å². The fourth-order valence-electron chi connectivity index (χ4n) is 1.88.